The first kappa shape index (κ1) is 10.0. The van der Waals surface area contributed by atoms with Gasteiger partial charge in [0.15, 0.2) is 0 Å². The van der Waals surface area contributed by atoms with Crippen molar-refractivity contribution in [2.24, 2.45) is 0 Å². The zero-order valence-corrected chi connectivity index (χ0v) is 10.1. The summed E-state index contributed by atoms with van der Waals surface area (Å²) in [6.45, 7) is 0. The van der Waals surface area contributed by atoms with Crippen LogP contribution in [0.3, 0.4) is 0 Å². The molecule has 2 heterocycles. The number of aromatic nitrogens is 3. The molecule has 12 heavy (non-hydrogen) atoms. The van der Waals surface area contributed by atoms with Crippen LogP contribution in [0.1, 0.15) is 0 Å². The topological polar surface area (TPSA) is 39.4 Å². The first-order valence-electron chi connectivity index (χ1n) is 2.98. The summed E-state index contributed by atoms with van der Waals surface area (Å²) in [4.78, 5) is 3.75. The average Bonchev–Trinajstić information content (AvgIpc) is 2.47. The number of rotatable bonds is 1. The minimum absolute atomic E-state index is 0. The van der Waals surface area contributed by atoms with Gasteiger partial charge in [-0.15, -0.1) is 0 Å². The molecule has 1 atom stereocenters. The zero-order chi connectivity index (χ0) is 7.68. The van der Waals surface area contributed by atoms with Crippen molar-refractivity contribution in [1.29, 1.82) is 0 Å². The maximum Gasteiger partial charge on any atom is 0.0503 e. The smallest absolute Gasteiger partial charge is 0.0503 e. The summed E-state index contributed by atoms with van der Waals surface area (Å²) in [6, 6.07) is 1.80. The minimum atomic E-state index is 0. The summed E-state index contributed by atoms with van der Waals surface area (Å²) in [5.74, 6) is 0.704. The molecule has 2 aromatic rings. The van der Waals surface area contributed by atoms with Gasteiger partial charge in [0, 0.05) is 60.2 Å². The number of hydrogen-bond acceptors (Lipinski definition) is 3. The van der Waals surface area contributed by atoms with Crippen molar-refractivity contribution in [1.82, 2.24) is 14.6 Å². The molecule has 2 rings (SSSR count). The molecule has 0 saturated carbocycles. The number of hydrogen-bond donors (Lipinski definition) is 0. The van der Waals surface area contributed by atoms with E-state index in [1.54, 1.807) is 16.8 Å². The third-order valence-electron chi connectivity index (χ3n) is 1.36. The second-order valence-corrected chi connectivity index (χ2v) is 2.20. The normalized spacial score (nSPS) is 9.42. The van der Waals surface area contributed by atoms with E-state index in [2.05, 4.69) is 25.7 Å². The molecule has 6 heteroatoms. The quantitative estimate of drug-likeness (QED) is 0.556. The van der Waals surface area contributed by atoms with E-state index in [1.165, 1.54) is 6.33 Å². The molecule has 0 aliphatic carbocycles. The molecule has 0 saturated heterocycles. The van der Waals surface area contributed by atoms with Gasteiger partial charge < -0.3 is 9.51 Å². The first-order valence-corrected chi connectivity index (χ1v) is 3.46. The summed E-state index contributed by atoms with van der Waals surface area (Å²) in [6.07, 6.45) is 5.98. The summed E-state index contributed by atoms with van der Waals surface area (Å²) in [5.41, 5.74) is 0.738. The van der Waals surface area contributed by atoms with Crippen LogP contribution in [0.4, 0.5) is 0 Å². The Kier molecular flexibility index (Phi) is 3.57. The predicted octanol–water partition coefficient (Wildman–Crippen LogP) is 0.696. The summed E-state index contributed by atoms with van der Waals surface area (Å²) in [5, 5.41) is 3.93. The molecule has 0 spiro atoms. The van der Waals surface area contributed by atoms with E-state index in [0.717, 1.165) is 5.52 Å². The van der Waals surface area contributed by atoms with Crippen LogP contribution in [0.5, 0.6) is 5.75 Å². The van der Waals surface area contributed by atoms with E-state index in [0.29, 0.717) is 5.75 Å². The van der Waals surface area contributed by atoms with Crippen molar-refractivity contribution in [3.8, 4) is 5.75 Å². The van der Waals surface area contributed by atoms with Crippen LogP contribution < -0.4 is 4.52 Å². The Labute approximate surface area is 96.9 Å². The summed E-state index contributed by atoms with van der Waals surface area (Å²) in [7, 11) is 2.17. The maximum absolute atomic E-state index is 4.95. The first-order chi connectivity index (χ1) is 5.42. The second kappa shape index (κ2) is 4.26. The van der Waals surface area contributed by atoms with Gasteiger partial charge in [-0.05, 0) is 6.20 Å². The van der Waals surface area contributed by atoms with E-state index in [-0.39, 0.29) is 32.7 Å². The fourth-order valence-corrected chi connectivity index (χ4v) is 1.06. The SMILES string of the molecule is POc1ccn2ncn[c-]c12.[Y]. The van der Waals surface area contributed by atoms with Gasteiger partial charge >= 0.3 is 0 Å². The molecule has 1 radical (unpaired) electrons. The van der Waals surface area contributed by atoms with Crippen LogP contribution in [0.25, 0.3) is 5.52 Å². The Bertz CT molecular complexity index is 378. The summed E-state index contributed by atoms with van der Waals surface area (Å²) >= 11 is 0. The Hall–Kier alpha value is -0.0461. The molecule has 0 aliphatic heterocycles. The van der Waals surface area contributed by atoms with Gasteiger partial charge in [-0.1, -0.05) is 6.07 Å². The predicted molar refractivity (Wildman–Crippen MR) is 42.2 cm³/mol. The van der Waals surface area contributed by atoms with Crippen LogP contribution in [-0.2, 0) is 32.7 Å². The van der Waals surface area contributed by atoms with Gasteiger partial charge in [0.2, 0.25) is 0 Å². The van der Waals surface area contributed by atoms with E-state index < -0.39 is 0 Å². The van der Waals surface area contributed by atoms with Crippen LogP contribution in [-0.4, -0.2) is 14.6 Å². The minimum Gasteiger partial charge on any atom is -0.534 e. The third kappa shape index (κ3) is 1.66. The average molecular weight is 255 g/mol. The monoisotopic (exact) mass is 255 g/mol. The Morgan fingerprint density at radius 3 is 3.17 bits per heavy atom. The van der Waals surface area contributed by atoms with E-state index >= 15 is 0 Å². The van der Waals surface area contributed by atoms with Crippen LogP contribution in [0, 0.1) is 6.20 Å². The molecule has 4 nitrogen and oxygen atoms in total. The molecule has 1 unspecified atom stereocenters. The van der Waals surface area contributed by atoms with Crippen molar-refractivity contribution in [3.05, 3.63) is 24.8 Å². The van der Waals surface area contributed by atoms with E-state index in [9.17, 15) is 0 Å². The Morgan fingerprint density at radius 2 is 2.42 bits per heavy atom. The molecular weight excluding hydrogens is 250 g/mol. The Balaban J connectivity index is 0.000000720. The fourth-order valence-electron chi connectivity index (χ4n) is 0.874. The van der Waals surface area contributed by atoms with Crippen molar-refractivity contribution < 1.29 is 37.2 Å². The maximum atomic E-state index is 4.95. The molecule has 0 aliphatic rings. The number of nitrogens with zero attached hydrogens (tertiary/aromatic N) is 3. The van der Waals surface area contributed by atoms with Gasteiger partial charge in [0.1, 0.15) is 0 Å². The van der Waals surface area contributed by atoms with Gasteiger partial charge in [-0.3, -0.25) is 4.52 Å². The summed E-state index contributed by atoms with van der Waals surface area (Å²) < 4.78 is 6.60. The molecular formula is C6H5N3OPY-. The third-order valence-corrected chi connectivity index (χ3v) is 1.61. The standard InChI is InChI=1S/C6H5N3OP.Y/c11-10-6-1-2-9-5(6)3-7-4-8-9;/h1-2,4H,11H2;/q-1;. The molecule has 0 amide bonds. The van der Waals surface area contributed by atoms with Crippen LogP contribution >= 0.6 is 9.47 Å². The van der Waals surface area contributed by atoms with Gasteiger partial charge in [-0.2, -0.15) is 0 Å². The van der Waals surface area contributed by atoms with E-state index in [1.807, 2.05) is 0 Å². The molecule has 0 N–H and O–H groups in total. The van der Waals surface area contributed by atoms with Crippen molar-refractivity contribution in [2.45, 2.75) is 0 Å². The zero-order valence-electron chi connectivity index (χ0n) is 6.14. The molecule has 0 bridgehead atoms. The van der Waals surface area contributed by atoms with Crippen molar-refractivity contribution >= 4 is 15.0 Å². The van der Waals surface area contributed by atoms with Crippen molar-refractivity contribution in [2.75, 3.05) is 0 Å². The molecule has 0 aromatic carbocycles. The van der Waals surface area contributed by atoms with Gasteiger partial charge in [0.05, 0.1) is 5.75 Å². The second-order valence-electron chi connectivity index (χ2n) is 1.96. The molecule has 0 fully saturated rings. The van der Waals surface area contributed by atoms with Crippen LogP contribution in [0.15, 0.2) is 18.6 Å². The number of fused-ring (bicyclic) bond motifs is 1. The Morgan fingerprint density at radius 1 is 1.58 bits per heavy atom. The van der Waals surface area contributed by atoms with Crippen LogP contribution in [0.2, 0.25) is 0 Å². The largest absolute Gasteiger partial charge is 0.534 e. The van der Waals surface area contributed by atoms with Gasteiger partial charge in [0.25, 0.3) is 0 Å². The van der Waals surface area contributed by atoms with E-state index in [4.69, 9.17) is 4.52 Å². The fraction of sp³-hybridized carbons (Fsp3) is 0. The van der Waals surface area contributed by atoms with Crippen molar-refractivity contribution in [3.63, 3.8) is 0 Å². The molecule has 59 valence electrons. The molecule has 2 aromatic heterocycles. The van der Waals surface area contributed by atoms with Gasteiger partial charge in [-0.25, -0.2) is 5.10 Å².